The second-order valence-electron chi connectivity index (χ2n) is 2.88. The quantitative estimate of drug-likeness (QED) is 0.675. The molecular weight excluding hydrogens is 182 g/mol. The Bertz CT molecular complexity index is 461. The molecule has 4 heteroatoms. The van der Waals surface area contributed by atoms with Crippen molar-refractivity contribution in [2.45, 2.75) is 6.42 Å². The number of carbonyl (C=O) groups is 1. The SMILES string of the molecule is COC(=O)Cc1noc2ccccc12. The van der Waals surface area contributed by atoms with Crippen LogP contribution in [0.15, 0.2) is 28.8 Å². The summed E-state index contributed by atoms with van der Waals surface area (Å²) >= 11 is 0. The highest BCUT2D eigenvalue weighted by Crippen LogP contribution is 2.18. The second-order valence-corrected chi connectivity index (χ2v) is 2.88. The molecule has 0 radical (unpaired) electrons. The first-order valence-electron chi connectivity index (χ1n) is 4.21. The number of hydrogen-bond donors (Lipinski definition) is 0. The van der Waals surface area contributed by atoms with Crippen molar-refractivity contribution in [2.24, 2.45) is 0 Å². The molecule has 0 bridgehead atoms. The van der Waals surface area contributed by atoms with Crippen molar-refractivity contribution in [1.82, 2.24) is 5.16 Å². The third-order valence-electron chi connectivity index (χ3n) is 1.99. The summed E-state index contributed by atoms with van der Waals surface area (Å²) in [5.41, 5.74) is 1.30. The lowest BCUT2D eigenvalue weighted by atomic mass is 10.2. The van der Waals surface area contributed by atoms with Gasteiger partial charge >= 0.3 is 5.97 Å². The van der Waals surface area contributed by atoms with E-state index in [0.717, 1.165) is 5.39 Å². The van der Waals surface area contributed by atoms with Gasteiger partial charge in [-0.05, 0) is 12.1 Å². The largest absolute Gasteiger partial charge is 0.469 e. The minimum atomic E-state index is -0.316. The van der Waals surface area contributed by atoms with Gasteiger partial charge in [0.1, 0.15) is 5.69 Å². The van der Waals surface area contributed by atoms with Crippen LogP contribution < -0.4 is 0 Å². The summed E-state index contributed by atoms with van der Waals surface area (Å²) in [4.78, 5) is 11.0. The van der Waals surface area contributed by atoms with Crippen LogP contribution in [0.4, 0.5) is 0 Å². The molecule has 0 N–H and O–H groups in total. The average molecular weight is 191 g/mol. The van der Waals surface area contributed by atoms with E-state index in [1.807, 2.05) is 24.3 Å². The number of esters is 1. The first kappa shape index (κ1) is 8.74. The van der Waals surface area contributed by atoms with Crippen LogP contribution in [0, 0.1) is 0 Å². The van der Waals surface area contributed by atoms with Gasteiger partial charge in [0.15, 0.2) is 5.58 Å². The Hall–Kier alpha value is -1.84. The fraction of sp³-hybridized carbons (Fsp3) is 0.200. The van der Waals surface area contributed by atoms with Gasteiger partial charge in [-0.15, -0.1) is 0 Å². The van der Waals surface area contributed by atoms with Gasteiger partial charge in [-0.1, -0.05) is 17.3 Å². The molecule has 2 rings (SSSR count). The molecule has 0 aliphatic rings. The van der Waals surface area contributed by atoms with Crippen molar-refractivity contribution in [2.75, 3.05) is 7.11 Å². The summed E-state index contributed by atoms with van der Waals surface area (Å²) in [7, 11) is 1.35. The molecule has 0 atom stereocenters. The zero-order chi connectivity index (χ0) is 9.97. The van der Waals surface area contributed by atoms with Gasteiger partial charge in [-0.3, -0.25) is 4.79 Å². The smallest absolute Gasteiger partial charge is 0.311 e. The Morgan fingerprint density at radius 3 is 3.07 bits per heavy atom. The van der Waals surface area contributed by atoms with Crippen LogP contribution in [0.1, 0.15) is 5.69 Å². The standard InChI is InChI=1S/C10H9NO3/c1-13-10(12)6-8-7-4-2-3-5-9(7)14-11-8/h2-5H,6H2,1H3. The number of rotatable bonds is 2. The van der Waals surface area contributed by atoms with E-state index in [1.54, 1.807) is 0 Å². The van der Waals surface area contributed by atoms with E-state index in [2.05, 4.69) is 9.89 Å². The summed E-state index contributed by atoms with van der Waals surface area (Å²) in [6, 6.07) is 7.41. The van der Waals surface area contributed by atoms with Crippen molar-refractivity contribution in [3.63, 3.8) is 0 Å². The maximum absolute atomic E-state index is 11.0. The molecule has 0 unspecified atom stereocenters. The van der Waals surface area contributed by atoms with Gasteiger partial charge in [-0.25, -0.2) is 0 Å². The molecular formula is C10H9NO3. The van der Waals surface area contributed by atoms with Gasteiger partial charge in [0, 0.05) is 5.39 Å². The minimum Gasteiger partial charge on any atom is -0.469 e. The van der Waals surface area contributed by atoms with Crippen LogP contribution in [0.2, 0.25) is 0 Å². The maximum Gasteiger partial charge on any atom is 0.311 e. The lowest BCUT2D eigenvalue weighted by molar-refractivity contribution is -0.139. The van der Waals surface area contributed by atoms with E-state index in [-0.39, 0.29) is 12.4 Å². The van der Waals surface area contributed by atoms with Gasteiger partial charge in [-0.2, -0.15) is 0 Å². The molecule has 72 valence electrons. The lowest BCUT2D eigenvalue weighted by Crippen LogP contribution is -2.04. The van der Waals surface area contributed by atoms with Gasteiger partial charge in [0.25, 0.3) is 0 Å². The molecule has 2 aromatic rings. The topological polar surface area (TPSA) is 52.3 Å². The molecule has 0 spiro atoms. The Balaban J connectivity index is 2.38. The highest BCUT2D eigenvalue weighted by atomic mass is 16.5. The summed E-state index contributed by atoms with van der Waals surface area (Å²) in [5, 5.41) is 4.67. The Kier molecular flexibility index (Phi) is 2.18. The summed E-state index contributed by atoms with van der Waals surface area (Å²) < 4.78 is 9.59. The van der Waals surface area contributed by atoms with Gasteiger partial charge < -0.3 is 9.26 Å². The predicted octanol–water partition coefficient (Wildman–Crippen LogP) is 1.54. The first-order chi connectivity index (χ1) is 6.81. The maximum atomic E-state index is 11.0. The van der Waals surface area contributed by atoms with Crippen molar-refractivity contribution >= 4 is 16.9 Å². The highest BCUT2D eigenvalue weighted by molar-refractivity contribution is 5.83. The molecule has 0 fully saturated rings. The summed E-state index contributed by atoms with van der Waals surface area (Å²) in [6.07, 6.45) is 0.146. The number of carbonyl (C=O) groups excluding carboxylic acids is 1. The lowest BCUT2D eigenvalue weighted by Gasteiger charge is -1.94. The summed E-state index contributed by atoms with van der Waals surface area (Å²) in [6.45, 7) is 0. The highest BCUT2D eigenvalue weighted by Gasteiger charge is 2.11. The van der Waals surface area contributed by atoms with Crippen LogP contribution in [0.25, 0.3) is 11.0 Å². The monoisotopic (exact) mass is 191 g/mol. The molecule has 0 aliphatic carbocycles. The summed E-state index contributed by atoms with van der Waals surface area (Å²) in [5.74, 6) is -0.316. The predicted molar refractivity (Wildman–Crippen MR) is 49.7 cm³/mol. The average Bonchev–Trinajstić information content (AvgIpc) is 2.62. The second kappa shape index (κ2) is 3.49. The number of aromatic nitrogens is 1. The van der Waals surface area contributed by atoms with E-state index in [4.69, 9.17) is 4.52 Å². The van der Waals surface area contributed by atoms with Crippen molar-refractivity contribution < 1.29 is 14.1 Å². The van der Waals surface area contributed by atoms with Crippen LogP contribution in [-0.2, 0) is 16.0 Å². The number of para-hydroxylation sites is 1. The molecule has 1 aromatic heterocycles. The molecule has 4 nitrogen and oxygen atoms in total. The molecule has 1 aromatic carbocycles. The molecule has 1 heterocycles. The van der Waals surface area contributed by atoms with Crippen LogP contribution in [-0.4, -0.2) is 18.2 Å². The molecule has 0 saturated carbocycles. The van der Waals surface area contributed by atoms with Crippen molar-refractivity contribution in [1.29, 1.82) is 0 Å². The Morgan fingerprint density at radius 1 is 1.50 bits per heavy atom. The van der Waals surface area contributed by atoms with Crippen LogP contribution >= 0.6 is 0 Å². The number of hydrogen-bond acceptors (Lipinski definition) is 4. The van der Waals surface area contributed by atoms with Crippen molar-refractivity contribution in [3.05, 3.63) is 30.0 Å². The fourth-order valence-electron chi connectivity index (χ4n) is 1.27. The number of nitrogens with zero attached hydrogens (tertiary/aromatic N) is 1. The first-order valence-corrected chi connectivity index (χ1v) is 4.21. The molecule has 0 saturated heterocycles. The van der Waals surface area contributed by atoms with Crippen LogP contribution in [0.5, 0.6) is 0 Å². The van der Waals surface area contributed by atoms with Crippen LogP contribution in [0.3, 0.4) is 0 Å². The van der Waals surface area contributed by atoms with E-state index >= 15 is 0 Å². The Labute approximate surface area is 80.4 Å². The molecule has 14 heavy (non-hydrogen) atoms. The van der Waals surface area contributed by atoms with Crippen molar-refractivity contribution in [3.8, 4) is 0 Å². The number of fused-ring (bicyclic) bond motifs is 1. The fourth-order valence-corrected chi connectivity index (χ4v) is 1.27. The normalized spacial score (nSPS) is 10.4. The van der Waals surface area contributed by atoms with E-state index in [0.29, 0.717) is 11.3 Å². The number of benzene rings is 1. The molecule has 0 aliphatic heterocycles. The van der Waals surface area contributed by atoms with E-state index in [9.17, 15) is 4.79 Å². The zero-order valence-electron chi connectivity index (χ0n) is 7.69. The van der Waals surface area contributed by atoms with E-state index < -0.39 is 0 Å². The number of methoxy groups -OCH3 is 1. The van der Waals surface area contributed by atoms with Gasteiger partial charge in [0.2, 0.25) is 0 Å². The minimum absolute atomic E-state index is 0.146. The van der Waals surface area contributed by atoms with Gasteiger partial charge in [0.05, 0.1) is 13.5 Å². The third-order valence-corrected chi connectivity index (χ3v) is 1.99. The Morgan fingerprint density at radius 2 is 2.29 bits per heavy atom. The molecule has 0 amide bonds. The number of ether oxygens (including phenoxy) is 1. The third kappa shape index (κ3) is 1.46. The van der Waals surface area contributed by atoms with E-state index in [1.165, 1.54) is 7.11 Å². The zero-order valence-corrected chi connectivity index (χ0v) is 7.69.